The van der Waals surface area contributed by atoms with E-state index < -0.39 is 0 Å². The Morgan fingerprint density at radius 3 is 1.30 bits per heavy atom. The van der Waals surface area contributed by atoms with Crippen LogP contribution in [0, 0.1) is 0 Å². The van der Waals surface area contributed by atoms with E-state index in [2.05, 4.69) is 155 Å². The molecule has 0 saturated carbocycles. The van der Waals surface area contributed by atoms with E-state index in [1.807, 2.05) is 12.1 Å². The number of hydrogen-bond acceptors (Lipinski definition) is 6. The van der Waals surface area contributed by atoms with Crippen LogP contribution in [-0.2, 0) is 0 Å². The summed E-state index contributed by atoms with van der Waals surface area (Å²) in [6, 6.07) is 52.8. The SMILES string of the molecule is c1ccc2c(-c3nc(-c4ccc(-c5ccc6ncnnc6c5)cc4)nc(-c4c5ccccc5cc5ccccc45)n3)c3ccccc3cc2c1. The van der Waals surface area contributed by atoms with Gasteiger partial charge in [-0.1, -0.05) is 127 Å². The predicted octanol–water partition coefficient (Wildman–Crippen LogP) is 10.5. The third kappa shape index (κ3) is 4.65. The second kappa shape index (κ2) is 11.4. The van der Waals surface area contributed by atoms with Crippen LogP contribution in [0.4, 0.5) is 0 Å². The van der Waals surface area contributed by atoms with Crippen LogP contribution in [0.1, 0.15) is 0 Å². The van der Waals surface area contributed by atoms with Gasteiger partial charge in [0.1, 0.15) is 11.8 Å². The number of nitrogens with zero attached hydrogens (tertiary/aromatic N) is 6. The smallest absolute Gasteiger partial charge is 0.165 e. The van der Waals surface area contributed by atoms with Crippen LogP contribution in [0.15, 0.2) is 158 Å². The van der Waals surface area contributed by atoms with Crippen molar-refractivity contribution in [1.29, 1.82) is 0 Å². The van der Waals surface area contributed by atoms with E-state index >= 15 is 0 Å². The number of benzene rings is 8. The van der Waals surface area contributed by atoms with Gasteiger partial charge in [-0.3, -0.25) is 0 Å². The molecule has 0 aliphatic heterocycles. The molecule has 0 fully saturated rings. The van der Waals surface area contributed by atoms with Crippen molar-refractivity contribution in [3.8, 4) is 45.3 Å². The molecule has 6 heteroatoms. The highest BCUT2D eigenvalue weighted by Crippen LogP contribution is 2.39. The molecule has 8 aromatic carbocycles. The third-order valence-electron chi connectivity index (χ3n) is 9.49. The van der Waals surface area contributed by atoms with Crippen molar-refractivity contribution < 1.29 is 0 Å². The van der Waals surface area contributed by atoms with Crippen molar-refractivity contribution in [3.05, 3.63) is 158 Å². The maximum absolute atomic E-state index is 5.35. The van der Waals surface area contributed by atoms with Crippen molar-refractivity contribution in [2.24, 2.45) is 0 Å². The van der Waals surface area contributed by atoms with Crippen LogP contribution in [-0.4, -0.2) is 30.1 Å². The van der Waals surface area contributed by atoms with E-state index in [0.717, 1.165) is 81.9 Å². The fourth-order valence-electron chi connectivity index (χ4n) is 7.12. The van der Waals surface area contributed by atoms with Gasteiger partial charge in [0.25, 0.3) is 0 Å². The Kier molecular flexibility index (Phi) is 6.39. The lowest BCUT2D eigenvalue weighted by Crippen LogP contribution is -2.02. The van der Waals surface area contributed by atoms with Gasteiger partial charge in [-0.05, 0) is 78.5 Å². The van der Waals surface area contributed by atoms with Crippen molar-refractivity contribution in [2.45, 2.75) is 0 Å². The molecule has 0 amide bonds. The minimum absolute atomic E-state index is 0.610. The van der Waals surface area contributed by atoms with E-state index in [1.54, 1.807) is 0 Å². The zero-order chi connectivity index (χ0) is 33.0. The van der Waals surface area contributed by atoms with E-state index in [4.69, 9.17) is 15.0 Å². The Morgan fingerprint density at radius 1 is 0.340 bits per heavy atom. The van der Waals surface area contributed by atoms with Crippen LogP contribution < -0.4 is 0 Å². The minimum Gasteiger partial charge on any atom is -0.233 e. The van der Waals surface area contributed by atoms with Crippen molar-refractivity contribution in [3.63, 3.8) is 0 Å². The lowest BCUT2D eigenvalue weighted by molar-refractivity contribution is 1.02. The summed E-state index contributed by atoms with van der Waals surface area (Å²) in [5.74, 6) is 1.89. The maximum Gasteiger partial charge on any atom is 0.165 e. The van der Waals surface area contributed by atoms with Crippen molar-refractivity contribution >= 4 is 54.1 Å². The molecule has 0 bridgehead atoms. The molecule has 0 aliphatic carbocycles. The zero-order valence-corrected chi connectivity index (χ0v) is 26.7. The Morgan fingerprint density at radius 2 is 0.780 bits per heavy atom. The highest BCUT2D eigenvalue weighted by Gasteiger charge is 2.20. The van der Waals surface area contributed by atoms with E-state index in [-0.39, 0.29) is 0 Å². The summed E-state index contributed by atoms with van der Waals surface area (Å²) >= 11 is 0. The van der Waals surface area contributed by atoms with Gasteiger partial charge >= 0.3 is 0 Å². The second-order valence-corrected chi connectivity index (χ2v) is 12.4. The standard InChI is InChI=1S/C44H26N6/c1-5-13-34-30(9-1)23-31-10-2-6-14-35(31)40(34)43-47-42(28-19-17-27(18-20-28)29-21-22-38-39(25-29)50-46-26-45-38)48-44(49-43)41-36-15-7-3-11-32(36)24-33-12-4-8-16-37(33)41/h1-26H. The van der Waals surface area contributed by atoms with Gasteiger partial charge in [0, 0.05) is 16.7 Å². The Balaban J connectivity index is 1.24. The monoisotopic (exact) mass is 638 g/mol. The number of hydrogen-bond donors (Lipinski definition) is 0. The maximum atomic E-state index is 5.35. The molecule has 232 valence electrons. The summed E-state index contributed by atoms with van der Waals surface area (Å²) < 4.78 is 0. The Labute approximate surface area is 286 Å². The molecular formula is C44H26N6. The van der Waals surface area contributed by atoms with Gasteiger partial charge in [-0.2, -0.15) is 0 Å². The third-order valence-corrected chi connectivity index (χ3v) is 9.49. The molecule has 10 aromatic rings. The second-order valence-electron chi connectivity index (χ2n) is 12.4. The van der Waals surface area contributed by atoms with Crippen LogP contribution in [0.5, 0.6) is 0 Å². The topological polar surface area (TPSA) is 77.3 Å². The largest absolute Gasteiger partial charge is 0.233 e. The van der Waals surface area contributed by atoms with Gasteiger partial charge in [-0.25, -0.2) is 19.9 Å². The summed E-state index contributed by atoms with van der Waals surface area (Å²) in [6.45, 7) is 0. The Bertz CT molecular complexity index is 2690. The molecule has 0 atom stereocenters. The quantitative estimate of drug-likeness (QED) is 0.179. The van der Waals surface area contributed by atoms with E-state index in [0.29, 0.717) is 17.5 Å². The molecule has 50 heavy (non-hydrogen) atoms. The number of rotatable bonds is 4. The normalized spacial score (nSPS) is 11.6. The first-order valence-corrected chi connectivity index (χ1v) is 16.5. The average Bonchev–Trinajstić information content (AvgIpc) is 3.18. The van der Waals surface area contributed by atoms with Crippen molar-refractivity contribution in [2.75, 3.05) is 0 Å². The fourth-order valence-corrected chi connectivity index (χ4v) is 7.12. The predicted molar refractivity (Wildman–Crippen MR) is 202 cm³/mol. The Hall–Kier alpha value is -6.92. The summed E-state index contributed by atoms with van der Waals surface area (Å²) in [5, 5.41) is 17.2. The number of aromatic nitrogens is 6. The summed E-state index contributed by atoms with van der Waals surface area (Å²) in [5.41, 5.74) is 6.54. The molecule has 0 spiro atoms. The molecule has 0 radical (unpaired) electrons. The number of fused-ring (bicyclic) bond motifs is 5. The highest BCUT2D eigenvalue weighted by molar-refractivity contribution is 6.13. The summed E-state index contributed by atoms with van der Waals surface area (Å²) in [4.78, 5) is 20.2. The molecule has 0 N–H and O–H groups in total. The first-order valence-electron chi connectivity index (χ1n) is 16.5. The minimum atomic E-state index is 0.610. The first-order chi connectivity index (χ1) is 24.8. The molecule has 6 nitrogen and oxygen atoms in total. The first kappa shape index (κ1) is 28.1. The van der Waals surface area contributed by atoms with Crippen molar-refractivity contribution in [1.82, 2.24) is 30.1 Å². The molecule has 0 aliphatic rings. The average molecular weight is 639 g/mol. The zero-order valence-electron chi connectivity index (χ0n) is 26.7. The lowest BCUT2D eigenvalue weighted by Gasteiger charge is -2.15. The summed E-state index contributed by atoms with van der Waals surface area (Å²) in [7, 11) is 0. The molecule has 2 aromatic heterocycles. The van der Waals surface area contributed by atoms with E-state index in [9.17, 15) is 0 Å². The molecule has 0 unspecified atom stereocenters. The van der Waals surface area contributed by atoms with Crippen LogP contribution >= 0.6 is 0 Å². The van der Waals surface area contributed by atoms with Gasteiger partial charge in [0.05, 0.1) is 5.52 Å². The fraction of sp³-hybridized carbons (Fsp3) is 0. The van der Waals surface area contributed by atoms with Crippen LogP contribution in [0.2, 0.25) is 0 Å². The lowest BCUT2D eigenvalue weighted by atomic mass is 9.95. The summed E-state index contributed by atoms with van der Waals surface area (Å²) in [6.07, 6.45) is 1.47. The van der Waals surface area contributed by atoms with E-state index in [1.165, 1.54) is 6.33 Å². The molecular weight excluding hydrogens is 613 g/mol. The van der Waals surface area contributed by atoms with Gasteiger partial charge < -0.3 is 0 Å². The molecule has 0 saturated heterocycles. The highest BCUT2D eigenvalue weighted by atomic mass is 15.1. The van der Waals surface area contributed by atoms with Crippen LogP contribution in [0.25, 0.3) is 99.4 Å². The molecule has 10 rings (SSSR count). The van der Waals surface area contributed by atoms with Gasteiger partial charge in [0.15, 0.2) is 17.5 Å². The van der Waals surface area contributed by atoms with Gasteiger partial charge in [0.2, 0.25) is 0 Å². The van der Waals surface area contributed by atoms with Crippen LogP contribution in [0.3, 0.4) is 0 Å². The van der Waals surface area contributed by atoms with Gasteiger partial charge in [-0.15, -0.1) is 10.2 Å². The molecule has 2 heterocycles.